The van der Waals surface area contributed by atoms with Gasteiger partial charge >= 0.3 is 5.97 Å². The molecule has 0 atom stereocenters. The fourth-order valence-corrected chi connectivity index (χ4v) is 3.85. The fourth-order valence-electron chi connectivity index (χ4n) is 3.52. The van der Waals surface area contributed by atoms with Crippen LogP contribution >= 0.6 is 23.2 Å². The number of carbonyl (C=O) groups excluding carboxylic acids is 2. The lowest BCUT2D eigenvalue weighted by Gasteiger charge is -2.33. The molecule has 1 amide bonds. The lowest BCUT2D eigenvalue weighted by atomic mass is 9.97. The molecule has 2 fully saturated rings. The first-order valence-electron chi connectivity index (χ1n) is 9.60. The Morgan fingerprint density at radius 3 is 2.44 bits per heavy atom. The number of likely N-dealkylation sites (tertiary alicyclic amines) is 1. The summed E-state index contributed by atoms with van der Waals surface area (Å²) in [5, 5.41) is 1.08. The van der Waals surface area contributed by atoms with Crippen LogP contribution in [0, 0.1) is 5.92 Å². The molecular formula is C20H26Cl2N2O3. The highest BCUT2D eigenvalue weighted by Crippen LogP contribution is 2.30. The van der Waals surface area contributed by atoms with E-state index in [1.165, 1.54) is 0 Å². The van der Waals surface area contributed by atoms with Crippen molar-refractivity contribution in [2.24, 2.45) is 5.92 Å². The van der Waals surface area contributed by atoms with Crippen molar-refractivity contribution < 1.29 is 14.3 Å². The quantitative estimate of drug-likeness (QED) is 0.639. The van der Waals surface area contributed by atoms with Crippen molar-refractivity contribution in [2.45, 2.75) is 45.2 Å². The largest absolute Gasteiger partial charge is 0.466 e. The molecule has 0 aromatic heterocycles. The molecule has 1 saturated heterocycles. The highest BCUT2D eigenvalue weighted by atomic mass is 35.5. The van der Waals surface area contributed by atoms with Crippen molar-refractivity contribution in [2.75, 3.05) is 26.2 Å². The first-order valence-corrected chi connectivity index (χ1v) is 10.4. The third-order valence-electron chi connectivity index (χ3n) is 5.24. The predicted octanol–water partition coefficient (Wildman–Crippen LogP) is 3.76. The van der Waals surface area contributed by atoms with Crippen LogP contribution in [0.25, 0.3) is 0 Å². The lowest BCUT2D eigenvalue weighted by Crippen LogP contribution is -2.45. The number of amides is 1. The van der Waals surface area contributed by atoms with Gasteiger partial charge in [0.15, 0.2) is 0 Å². The standard InChI is InChI=1S/C20H26Cl2N2O3/c1-2-27-20(26)15-7-9-23(10-8-15)19(25)13-24(16-4-5-16)12-14-3-6-17(21)18(22)11-14/h3,6,11,15-16H,2,4-5,7-10,12-13H2,1H3. The van der Waals surface area contributed by atoms with Crippen molar-refractivity contribution in [1.29, 1.82) is 0 Å². The first-order chi connectivity index (χ1) is 13.0. The number of carbonyl (C=O) groups is 2. The van der Waals surface area contributed by atoms with E-state index in [9.17, 15) is 9.59 Å². The Bertz CT molecular complexity index is 686. The molecule has 1 aliphatic heterocycles. The minimum absolute atomic E-state index is 0.0789. The summed E-state index contributed by atoms with van der Waals surface area (Å²) in [7, 11) is 0. The monoisotopic (exact) mass is 412 g/mol. The molecule has 0 spiro atoms. The highest BCUT2D eigenvalue weighted by Gasteiger charge is 2.33. The molecular weight excluding hydrogens is 387 g/mol. The summed E-state index contributed by atoms with van der Waals surface area (Å²) in [5.41, 5.74) is 1.06. The SMILES string of the molecule is CCOC(=O)C1CCN(C(=O)CN(Cc2ccc(Cl)c(Cl)c2)C2CC2)CC1. The molecule has 1 saturated carbocycles. The average Bonchev–Trinajstić information content (AvgIpc) is 3.49. The number of esters is 1. The Morgan fingerprint density at radius 1 is 1.15 bits per heavy atom. The summed E-state index contributed by atoms with van der Waals surface area (Å²) in [6.45, 7) is 4.54. The van der Waals surface area contributed by atoms with Gasteiger partial charge in [-0.25, -0.2) is 0 Å². The molecule has 1 aromatic carbocycles. The van der Waals surface area contributed by atoms with Crippen LogP contribution in [0.3, 0.4) is 0 Å². The van der Waals surface area contributed by atoms with Crippen molar-refractivity contribution in [3.05, 3.63) is 33.8 Å². The second-order valence-corrected chi connectivity index (χ2v) is 8.11. The topological polar surface area (TPSA) is 49.9 Å². The molecule has 3 rings (SSSR count). The van der Waals surface area contributed by atoms with E-state index in [1.54, 1.807) is 6.07 Å². The van der Waals surface area contributed by atoms with Gasteiger partial charge in [-0.05, 0) is 50.3 Å². The van der Waals surface area contributed by atoms with Gasteiger partial charge in [-0.2, -0.15) is 0 Å². The number of hydrogen-bond acceptors (Lipinski definition) is 4. The van der Waals surface area contributed by atoms with Crippen LogP contribution in [-0.4, -0.2) is 54.0 Å². The van der Waals surface area contributed by atoms with Gasteiger partial charge in [0, 0.05) is 25.7 Å². The maximum Gasteiger partial charge on any atom is 0.309 e. The molecule has 1 aromatic rings. The van der Waals surface area contributed by atoms with Crippen molar-refractivity contribution in [3.63, 3.8) is 0 Å². The fraction of sp³-hybridized carbons (Fsp3) is 0.600. The van der Waals surface area contributed by atoms with Gasteiger partial charge in [0.2, 0.25) is 5.91 Å². The average molecular weight is 413 g/mol. The third-order valence-corrected chi connectivity index (χ3v) is 5.98. The van der Waals surface area contributed by atoms with Crippen LogP contribution in [0.1, 0.15) is 38.2 Å². The zero-order valence-corrected chi connectivity index (χ0v) is 17.1. The smallest absolute Gasteiger partial charge is 0.309 e. The molecule has 1 heterocycles. The Kier molecular flexibility index (Phi) is 7.01. The van der Waals surface area contributed by atoms with E-state index in [4.69, 9.17) is 27.9 Å². The van der Waals surface area contributed by atoms with Crippen LogP contribution in [0.4, 0.5) is 0 Å². The second-order valence-electron chi connectivity index (χ2n) is 7.29. The van der Waals surface area contributed by atoms with E-state index in [1.807, 2.05) is 24.0 Å². The Morgan fingerprint density at radius 2 is 1.85 bits per heavy atom. The highest BCUT2D eigenvalue weighted by molar-refractivity contribution is 6.42. The van der Waals surface area contributed by atoms with E-state index in [0.29, 0.717) is 61.7 Å². The molecule has 1 aliphatic carbocycles. The maximum atomic E-state index is 12.8. The summed E-state index contributed by atoms with van der Waals surface area (Å²) in [4.78, 5) is 28.7. The van der Waals surface area contributed by atoms with Crippen molar-refractivity contribution >= 4 is 35.1 Å². The van der Waals surface area contributed by atoms with Crippen LogP contribution < -0.4 is 0 Å². The van der Waals surface area contributed by atoms with Crippen molar-refractivity contribution in [3.8, 4) is 0 Å². The molecule has 0 radical (unpaired) electrons. The van der Waals surface area contributed by atoms with Crippen LogP contribution in [-0.2, 0) is 20.9 Å². The number of ether oxygens (including phenoxy) is 1. The number of benzene rings is 1. The van der Waals surface area contributed by atoms with Crippen LogP contribution in [0.2, 0.25) is 10.0 Å². The molecule has 0 N–H and O–H groups in total. The van der Waals surface area contributed by atoms with E-state index in [-0.39, 0.29) is 17.8 Å². The predicted molar refractivity (Wildman–Crippen MR) is 106 cm³/mol. The molecule has 27 heavy (non-hydrogen) atoms. The zero-order chi connectivity index (χ0) is 19.4. The Hall–Kier alpha value is -1.30. The Balaban J connectivity index is 1.53. The van der Waals surface area contributed by atoms with E-state index < -0.39 is 0 Å². The Labute approximate surface area is 170 Å². The van der Waals surface area contributed by atoms with Gasteiger partial charge in [0.25, 0.3) is 0 Å². The first kappa shape index (κ1) is 20.4. The van der Waals surface area contributed by atoms with Gasteiger partial charge in [-0.15, -0.1) is 0 Å². The van der Waals surface area contributed by atoms with E-state index in [0.717, 1.165) is 18.4 Å². The minimum atomic E-state index is -0.135. The lowest BCUT2D eigenvalue weighted by molar-refractivity contribution is -0.151. The summed E-state index contributed by atoms with van der Waals surface area (Å²) in [5.74, 6) is -0.0853. The van der Waals surface area contributed by atoms with Gasteiger partial charge in [-0.1, -0.05) is 29.3 Å². The van der Waals surface area contributed by atoms with Crippen LogP contribution in [0.5, 0.6) is 0 Å². The summed E-state index contributed by atoms with van der Waals surface area (Å²) < 4.78 is 5.09. The van der Waals surface area contributed by atoms with Crippen LogP contribution in [0.15, 0.2) is 18.2 Å². The number of halogens is 2. The van der Waals surface area contributed by atoms with Gasteiger partial charge in [-0.3, -0.25) is 14.5 Å². The maximum absolute atomic E-state index is 12.8. The normalized spacial score (nSPS) is 18.0. The summed E-state index contributed by atoms with van der Waals surface area (Å²) >= 11 is 12.1. The molecule has 0 unspecified atom stereocenters. The summed E-state index contributed by atoms with van der Waals surface area (Å²) in [6, 6.07) is 6.08. The zero-order valence-electron chi connectivity index (χ0n) is 15.6. The van der Waals surface area contributed by atoms with Crippen molar-refractivity contribution in [1.82, 2.24) is 9.80 Å². The molecule has 5 nitrogen and oxygen atoms in total. The molecule has 2 aliphatic rings. The van der Waals surface area contributed by atoms with Gasteiger partial charge < -0.3 is 9.64 Å². The third kappa shape index (κ3) is 5.59. The number of piperidine rings is 1. The van der Waals surface area contributed by atoms with Gasteiger partial charge in [0.05, 0.1) is 29.1 Å². The second kappa shape index (κ2) is 9.26. The summed E-state index contributed by atoms with van der Waals surface area (Å²) in [6.07, 6.45) is 3.61. The minimum Gasteiger partial charge on any atom is -0.466 e. The van der Waals surface area contributed by atoms with E-state index in [2.05, 4.69) is 4.90 Å². The number of nitrogens with zero attached hydrogens (tertiary/aromatic N) is 2. The molecule has 0 bridgehead atoms. The molecule has 7 heteroatoms. The molecule has 148 valence electrons. The van der Waals surface area contributed by atoms with E-state index >= 15 is 0 Å². The van der Waals surface area contributed by atoms with Gasteiger partial charge in [0.1, 0.15) is 0 Å². The number of hydrogen-bond donors (Lipinski definition) is 0. The number of rotatable bonds is 7.